The molecule has 2 N–H and O–H groups in total. The van der Waals surface area contributed by atoms with Crippen LogP contribution in [-0.4, -0.2) is 18.2 Å². The molecule has 2 heteroatoms. The minimum atomic E-state index is -0.250. The maximum absolute atomic E-state index is 10.1. The number of aliphatic hydroxyl groups excluding tert-OH is 1. The highest BCUT2D eigenvalue weighted by atomic mass is 16.3. The lowest BCUT2D eigenvalue weighted by molar-refractivity contribution is 0.158. The molecule has 1 aromatic rings. The Balaban J connectivity index is 2.15. The zero-order valence-corrected chi connectivity index (χ0v) is 9.09. The van der Waals surface area contributed by atoms with Crippen molar-refractivity contribution in [1.82, 2.24) is 5.32 Å². The minimum Gasteiger partial charge on any atom is -0.388 e. The van der Waals surface area contributed by atoms with Crippen molar-refractivity contribution in [2.75, 3.05) is 13.1 Å². The van der Waals surface area contributed by atoms with Crippen molar-refractivity contribution >= 4 is 0 Å². The molecule has 1 aliphatic heterocycles. The average molecular weight is 203 g/mol. The maximum atomic E-state index is 10.1. The Kier molecular flexibility index (Phi) is 1.91. The molecule has 2 aliphatic rings. The summed E-state index contributed by atoms with van der Waals surface area (Å²) in [7, 11) is 0. The van der Waals surface area contributed by atoms with E-state index in [9.17, 15) is 5.11 Å². The molecule has 3 rings (SSSR count). The summed E-state index contributed by atoms with van der Waals surface area (Å²) in [5, 5.41) is 13.5. The largest absolute Gasteiger partial charge is 0.388 e. The number of hydrogen-bond donors (Lipinski definition) is 2. The molecular weight excluding hydrogens is 186 g/mol. The third-order valence-corrected chi connectivity index (χ3v) is 3.97. The molecule has 0 saturated carbocycles. The van der Waals surface area contributed by atoms with Gasteiger partial charge in [0, 0.05) is 12.0 Å². The van der Waals surface area contributed by atoms with E-state index in [0.29, 0.717) is 0 Å². The monoisotopic (exact) mass is 203 g/mol. The summed E-state index contributed by atoms with van der Waals surface area (Å²) in [6, 6.07) is 6.46. The van der Waals surface area contributed by atoms with E-state index in [2.05, 4.69) is 30.4 Å². The van der Waals surface area contributed by atoms with E-state index >= 15 is 0 Å². The van der Waals surface area contributed by atoms with Crippen LogP contribution < -0.4 is 5.32 Å². The summed E-state index contributed by atoms with van der Waals surface area (Å²) in [5.74, 6) is 0. The Morgan fingerprint density at radius 3 is 3.07 bits per heavy atom. The highest BCUT2D eigenvalue weighted by molar-refractivity contribution is 5.44. The first-order valence-corrected chi connectivity index (χ1v) is 5.71. The van der Waals surface area contributed by atoms with E-state index in [4.69, 9.17) is 0 Å². The molecule has 1 saturated heterocycles. The minimum absolute atomic E-state index is 0.223. The van der Waals surface area contributed by atoms with Crippen molar-refractivity contribution < 1.29 is 5.11 Å². The van der Waals surface area contributed by atoms with Gasteiger partial charge in [0.05, 0.1) is 6.10 Å². The van der Waals surface area contributed by atoms with Gasteiger partial charge < -0.3 is 10.4 Å². The zero-order valence-electron chi connectivity index (χ0n) is 9.09. The average Bonchev–Trinajstić information content (AvgIpc) is 2.76. The Morgan fingerprint density at radius 1 is 1.47 bits per heavy atom. The molecule has 0 amide bonds. The third kappa shape index (κ3) is 1.25. The summed E-state index contributed by atoms with van der Waals surface area (Å²) in [6.45, 7) is 4.24. The van der Waals surface area contributed by atoms with Gasteiger partial charge in [0.25, 0.3) is 0 Å². The Morgan fingerprint density at radius 2 is 2.33 bits per heavy atom. The quantitative estimate of drug-likeness (QED) is 0.672. The Bertz CT molecular complexity index is 394. The van der Waals surface area contributed by atoms with Crippen LogP contribution in [0.2, 0.25) is 0 Å². The van der Waals surface area contributed by atoms with Gasteiger partial charge in [-0.2, -0.15) is 0 Å². The van der Waals surface area contributed by atoms with Crippen molar-refractivity contribution in [3.05, 3.63) is 34.9 Å². The second kappa shape index (κ2) is 3.06. The van der Waals surface area contributed by atoms with E-state index in [-0.39, 0.29) is 11.5 Å². The number of fused-ring (bicyclic) bond motifs is 2. The fraction of sp³-hybridized carbons (Fsp3) is 0.538. The van der Waals surface area contributed by atoms with Gasteiger partial charge in [-0.3, -0.25) is 0 Å². The SMILES string of the molecule is Cc1ccc2c(c1)C1(CCNC1)CC2O. The van der Waals surface area contributed by atoms with Gasteiger partial charge in [-0.1, -0.05) is 23.8 Å². The summed E-state index contributed by atoms with van der Waals surface area (Å²) in [6.07, 6.45) is 1.82. The van der Waals surface area contributed by atoms with Crippen molar-refractivity contribution in [3.8, 4) is 0 Å². The summed E-state index contributed by atoms with van der Waals surface area (Å²) in [4.78, 5) is 0. The summed E-state index contributed by atoms with van der Waals surface area (Å²) < 4.78 is 0. The molecule has 0 bridgehead atoms. The van der Waals surface area contributed by atoms with Crippen molar-refractivity contribution in [2.24, 2.45) is 0 Å². The molecule has 15 heavy (non-hydrogen) atoms. The van der Waals surface area contributed by atoms with E-state index in [0.717, 1.165) is 25.1 Å². The topological polar surface area (TPSA) is 32.3 Å². The fourth-order valence-electron chi connectivity index (χ4n) is 3.16. The van der Waals surface area contributed by atoms with E-state index in [1.165, 1.54) is 17.5 Å². The predicted molar refractivity (Wildman–Crippen MR) is 59.9 cm³/mol. The third-order valence-electron chi connectivity index (χ3n) is 3.97. The van der Waals surface area contributed by atoms with Crippen LogP contribution in [0.4, 0.5) is 0 Å². The number of nitrogens with one attached hydrogen (secondary N) is 1. The molecule has 1 spiro atoms. The van der Waals surface area contributed by atoms with Crippen LogP contribution in [0.3, 0.4) is 0 Å². The van der Waals surface area contributed by atoms with Gasteiger partial charge in [-0.05, 0) is 37.4 Å². The lowest BCUT2D eigenvalue weighted by atomic mass is 9.81. The van der Waals surface area contributed by atoms with Crippen LogP contribution in [0.1, 0.15) is 35.6 Å². The zero-order chi connectivity index (χ0) is 10.5. The van der Waals surface area contributed by atoms with Gasteiger partial charge in [0.1, 0.15) is 0 Å². The lowest BCUT2D eigenvalue weighted by Crippen LogP contribution is -2.26. The smallest absolute Gasteiger partial charge is 0.0801 e. The van der Waals surface area contributed by atoms with Gasteiger partial charge in [-0.15, -0.1) is 0 Å². The molecule has 0 radical (unpaired) electrons. The van der Waals surface area contributed by atoms with Gasteiger partial charge in [0.2, 0.25) is 0 Å². The molecule has 1 aromatic carbocycles. The normalized spacial score (nSPS) is 33.6. The summed E-state index contributed by atoms with van der Waals surface area (Å²) >= 11 is 0. The Labute approximate surface area is 90.3 Å². The maximum Gasteiger partial charge on any atom is 0.0801 e. The van der Waals surface area contributed by atoms with E-state index < -0.39 is 0 Å². The molecule has 2 nitrogen and oxygen atoms in total. The Hall–Kier alpha value is -0.860. The van der Waals surface area contributed by atoms with Crippen LogP contribution in [0.5, 0.6) is 0 Å². The van der Waals surface area contributed by atoms with Crippen LogP contribution in [0.25, 0.3) is 0 Å². The standard InChI is InChI=1S/C13H17NO/c1-9-2-3-10-11(6-9)13(7-12(10)15)4-5-14-8-13/h2-3,6,12,14-15H,4-5,7-8H2,1H3. The second-order valence-electron chi connectivity index (χ2n) is 5.02. The first-order chi connectivity index (χ1) is 7.21. The van der Waals surface area contributed by atoms with Crippen molar-refractivity contribution in [2.45, 2.75) is 31.3 Å². The number of hydrogen-bond acceptors (Lipinski definition) is 2. The first kappa shape index (κ1) is 9.37. The van der Waals surface area contributed by atoms with Crippen LogP contribution in [-0.2, 0) is 5.41 Å². The predicted octanol–water partition coefficient (Wildman–Crippen LogP) is 1.66. The van der Waals surface area contributed by atoms with Crippen LogP contribution in [0.15, 0.2) is 18.2 Å². The van der Waals surface area contributed by atoms with E-state index in [1.54, 1.807) is 0 Å². The molecule has 2 unspecified atom stereocenters. The molecular formula is C13H17NO. The molecule has 1 fully saturated rings. The number of rotatable bonds is 0. The number of benzene rings is 1. The van der Waals surface area contributed by atoms with Gasteiger partial charge in [-0.25, -0.2) is 0 Å². The van der Waals surface area contributed by atoms with Gasteiger partial charge in [0.15, 0.2) is 0 Å². The highest BCUT2D eigenvalue weighted by Crippen LogP contribution is 2.48. The molecule has 0 aromatic heterocycles. The van der Waals surface area contributed by atoms with E-state index in [1.807, 2.05) is 0 Å². The van der Waals surface area contributed by atoms with Crippen molar-refractivity contribution in [1.29, 1.82) is 0 Å². The molecule has 1 heterocycles. The first-order valence-electron chi connectivity index (χ1n) is 5.71. The summed E-state index contributed by atoms with van der Waals surface area (Å²) in [5.41, 5.74) is 4.07. The number of aryl methyl sites for hydroxylation is 1. The van der Waals surface area contributed by atoms with Crippen LogP contribution in [0, 0.1) is 6.92 Å². The molecule has 1 aliphatic carbocycles. The van der Waals surface area contributed by atoms with Crippen LogP contribution >= 0.6 is 0 Å². The van der Waals surface area contributed by atoms with Crippen molar-refractivity contribution in [3.63, 3.8) is 0 Å². The molecule has 2 atom stereocenters. The second-order valence-corrected chi connectivity index (χ2v) is 5.02. The van der Waals surface area contributed by atoms with Gasteiger partial charge >= 0.3 is 0 Å². The lowest BCUT2D eigenvalue weighted by Gasteiger charge is -2.23. The number of aliphatic hydroxyl groups is 1. The highest BCUT2D eigenvalue weighted by Gasteiger charge is 2.44. The fourth-order valence-corrected chi connectivity index (χ4v) is 3.16. The molecule has 80 valence electrons.